The number of amides is 1. The third-order valence-electron chi connectivity index (χ3n) is 5.35. The first-order valence-corrected chi connectivity index (χ1v) is 10.4. The van der Waals surface area contributed by atoms with Gasteiger partial charge in [0.1, 0.15) is 23.4 Å². The molecule has 2 N–H and O–H groups in total. The summed E-state index contributed by atoms with van der Waals surface area (Å²) in [6.07, 6.45) is 1.41. The molecule has 0 aliphatic carbocycles. The number of carbonyl (C=O) groups is 2. The van der Waals surface area contributed by atoms with E-state index in [9.17, 15) is 19.1 Å². The van der Waals surface area contributed by atoms with E-state index in [0.717, 1.165) is 14.9 Å². The molecule has 9 heteroatoms. The molecule has 0 radical (unpaired) electrons. The normalized spacial score (nSPS) is 18.1. The zero-order valence-electron chi connectivity index (χ0n) is 16.6. The Labute approximate surface area is 189 Å². The SMILES string of the molecule is Cc1cc(/C(O)=C2\C(=O)C(=O)N(c3nc4ccc(F)cc4[nH]3)C2c2ccco2)ccc1Br. The van der Waals surface area contributed by atoms with Crippen molar-refractivity contribution in [2.24, 2.45) is 0 Å². The first-order valence-electron chi connectivity index (χ1n) is 9.61. The minimum absolute atomic E-state index is 0.0418. The quantitative estimate of drug-likeness (QED) is 0.237. The van der Waals surface area contributed by atoms with E-state index < -0.39 is 23.5 Å². The molecule has 3 heterocycles. The molecule has 4 aromatic rings. The van der Waals surface area contributed by atoms with Crippen LogP contribution in [0.4, 0.5) is 10.3 Å². The second-order valence-electron chi connectivity index (χ2n) is 7.37. The van der Waals surface area contributed by atoms with Crippen molar-refractivity contribution in [2.45, 2.75) is 13.0 Å². The average Bonchev–Trinajstić information content (AvgIpc) is 3.48. The molecule has 1 aliphatic rings. The van der Waals surface area contributed by atoms with Crippen molar-refractivity contribution in [1.29, 1.82) is 0 Å². The van der Waals surface area contributed by atoms with Crippen LogP contribution >= 0.6 is 15.9 Å². The van der Waals surface area contributed by atoms with E-state index in [1.807, 2.05) is 6.92 Å². The van der Waals surface area contributed by atoms with Crippen molar-refractivity contribution < 1.29 is 23.5 Å². The lowest BCUT2D eigenvalue weighted by Crippen LogP contribution is -2.30. The van der Waals surface area contributed by atoms with E-state index >= 15 is 0 Å². The molecule has 0 spiro atoms. The number of Topliss-reactive ketones (excluding diaryl/α,β-unsaturated/α-hetero) is 1. The standard InChI is InChI=1S/C23H15BrFN3O4/c1-11-9-12(4-6-14(11)24)20(29)18-19(17-3-2-8-32-17)28(22(31)21(18)30)23-26-15-7-5-13(25)10-16(15)27-23/h2-10,19,29H,1H3,(H,26,27)/b20-18+. The minimum Gasteiger partial charge on any atom is -0.507 e. The summed E-state index contributed by atoms with van der Waals surface area (Å²) in [7, 11) is 0. The molecule has 1 atom stereocenters. The Morgan fingerprint density at radius 1 is 1.22 bits per heavy atom. The molecule has 1 amide bonds. The molecule has 1 aliphatic heterocycles. The van der Waals surface area contributed by atoms with Crippen molar-refractivity contribution in [3.63, 3.8) is 0 Å². The van der Waals surface area contributed by atoms with Gasteiger partial charge in [0.05, 0.1) is 22.9 Å². The molecule has 2 aromatic heterocycles. The second-order valence-corrected chi connectivity index (χ2v) is 8.22. The molecule has 2 aromatic carbocycles. The number of hydrogen-bond donors (Lipinski definition) is 2. The molecular formula is C23H15BrFN3O4. The number of fused-ring (bicyclic) bond motifs is 1. The number of H-pyrrole nitrogens is 1. The number of hydrogen-bond acceptors (Lipinski definition) is 5. The summed E-state index contributed by atoms with van der Waals surface area (Å²) in [5.41, 5.74) is 1.89. The summed E-state index contributed by atoms with van der Waals surface area (Å²) in [6, 6.07) is 11.2. The smallest absolute Gasteiger partial charge is 0.302 e. The number of halogens is 2. The molecule has 0 bridgehead atoms. The number of aryl methyl sites for hydroxylation is 1. The number of ketones is 1. The predicted molar refractivity (Wildman–Crippen MR) is 118 cm³/mol. The van der Waals surface area contributed by atoms with Gasteiger partial charge in [-0.3, -0.25) is 14.5 Å². The summed E-state index contributed by atoms with van der Waals surface area (Å²) < 4.78 is 20.0. The van der Waals surface area contributed by atoms with Crippen LogP contribution in [0.1, 0.15) is 22.9 Å². The fraction of sp³-hybridized carbons (Fsp3) is 0.0870. The highest BCUT2D eigenvalue weighted by molar-refractivity contribution is 9.10. The lowest BCUT2D eigenvalue weighted by atomic mass is 9.98. The molecule has 1 fully saturated rings. The predicted octanol–water partition coefficient (Wildman–Crippen LogP) is 4.99. The van der Waals surface area contributed by atoms with Crippen LogP contribution in [-0.2, 0) is 9.59 Å². The van der Waals surface area contributed by atoms with Crippen molar-refractivity contribution in [3.8, 4) is 0 Å². The van der Waals surface area contributed by atoms with Crippen molar-refractivity contribution >= 4 is 50.4 Å². The molecule has 1 unspecified atom stereocenters. The number of aliphatic hydroxyl groups excluding tert-OH is 1. The monoisotopic (exact) mass is 495 g/mol. The Balaban J connectivity index is 1.71. The number of furan rings is 1. The Bertz CT molecular complexity index is 1420. The van der Waals surface area contributed by atoms with E-state index in [2.05, 4.69) is 25.9 Å². The number of aromatic amines is 1. The van der Waals surface area contributed by atoms with Crippen LogP contribution in [0.3, 0.4) is 0 Å². The van der Waals surface area contributed by atoms with Crippen LogP contribution in [0.15, 0.2) is 69.3 Å². The van der Waals surface area contributed by atoms with E-state index in [1.54, 1.807) is 30.3 Å². The number of benzene rings is 2. The molecule has 5 rings (SSSR count). The van der Waals surface area contributed by atoms with Crippen molar-refractivity contribution in [1.82, 2.24) is 9.97 Å². The van der Waals surface area contributed by atoms with Crippen molar-refractivity contribution in [2.75, 3.05) is 4.90 Å². The zero-order chi connectivity index (χ0) is 22.6. The first-order chi connectivity index (χ1) is 15.3. The third-order valence-corrected chi connectivity index (χ3v) is 6.24. The molecular weight excluding hydrogens is 481 g/mol. The molecule has 32 heavy (non-hydrogen) atoms. The Morgan fingerprint density at radius 2 is 2.03 bits per heavy atom. The van der Waals surface area contributed by atoms with E-state index in [-0.39, 0.29) is 23.0 Å². The largest absolute Gasteiger partial charge is 0.507 e. The summed E-state index contributed by atoms with van der Waals surface area (Å²) in [6.45, 7) is 1.84. The van der Waals surface area contributed by atoms with Gasteiger partial charge in [-0.25, -0.2) is 9.37 Å². The summed E-state index contributed by atoms with van der Waals surface area (Å²) in [4.78, 5) is 34.5. The van der Waals surface area contributed by atoms with Crippen LogP contribution in [0.2, 0.25) is 0 Å². The Hall–Kier alpha value is -3.72. The summed E-state index contributed by atoms with van der Waals surface area (Å²) >= 11 is 3.41. The highest BCUT2D eigenvalue weighted by Gasteiger charge is 2.49. The number of aliphatic hydroxyl groups is 1. The van der Waals surface area contributed by atoms with E-state index in [0.29, 0.717) is 16.6 Å². The highest BCUT2D eigenvalue weighted by Crippen LogP contribution is 2.42. The van der Waals surface area contributed by atoms with Gasteiger partial charge in [-0.2, -0.15) is 0 Å². The van der Waals surface area contributed by atoms with Gasteiger partial charge < -0.3 is 14.5 Å². The fourth-order valence-electron chi connectivity index (χ4n) is 3.80. The summed E-state index contributed by atoms with van der Waals surface area (Å²) in [5.74, 6) is -2.25. The minimum atomic E-state index is -1.06. The van der Waals surface area contributed by atoms with Gasteiger partial charge in [0, 0.05) is 10.0 Å². The van der Waals surface area contributed by atoms with Gasteiger partial charge in [0.2, 0.25) is 5.95 Å². The van der Waals surface area contributed by atoms with Crippen molar-refractivity contribution in [3.05, 3.63) is 87.5 Å². The van der Waals surface area contributed by atoms with Gasteiger partial charge in [0.25, 0.3) is 5.78 Å². The number of rotatable bonds is 3. The van der Waals surface area contributed by atoms with E-state index in [4.69, 9.17) is 4.42 Å². The van der Waals surface area contributed by atoms with Crippen LogP contribution in [-0.4, -0.2) is 26.8 Å². The number of imidazole rings is 1. The maximum atomic E-state index is 13.6. The van der Waals surface area contributed by atoms with Gasteiger partial charge in [-0.1, -0.05) is 22.0 Å². The zero-order valence-corrected chi connectivity index (χ0v) is 18.2. The van der Waals surface area contributed by atoms with Crippen LogP contribution in [0.5, 0.6) is 0 Å². The maximum absolute atomic E-state index is 13.6. The molecule has 7 nitrogen and oxygen atoms in total. The van der Waals surface area contributed by atoms with E-state index in [1.165, 1.54) is 24.5 Å². The van der Waals surface area contributed by atoms with Gasteiger partial charge in [-0.05, 0) is 55.0 Å². The number of anilines is 1. The fourth-order valence-corrected chi connectivity index (χ4v) is 4.04. The van der Waals surface area contributed by atoms with Crippen LogP contribution in [0, 0.1) is 12.7 Å². The molecule has 1 saturated heterocycles. The Kier molecular flexibility index (Phi) is 4.70. The maximum Gasteiger partial charge on any atom is 0.302 e. The van der Waals surface area contributed by atoms with Gasteiger partial charge in [-0.15, -0.1) is 0 Å². The number of nitrogens with one attached hydrogen (secondary N) is 1. The van der Waals surface area contributed by atoms with Gasteiger partial charge >= 0.3 is 5.91 Å². The average molecular weight is 496 g/mol. The van der Waals surface area contributed by atoms with Gasteiger partial charge in [0.15, 0.2) is 0 Å². The number of carbonyl (C=O) groups excluding carboxylic acids is 2. The lowest BCUT2D eigenvalue weighted by molar-refractivity contribution is -0.132. The highest BCUT2D eigenvalue weighted by atomic mass is 79.9. The summed E-state index contributed by atoms with van der Waals surface area (Å²) in [5, 5.41) is 11.1. The van der Waals surface area contributed by atoms with Crippen LogP contribution in [0.25, 0.3) is 16.8 Å². The first kappa shape index (κ1) is 20.2. The Morgan fingerprint density at radius 3 is 2.75 bits per heavy atom. The third kappa shape index (κ3) is 3.13. The topological polar surface area (TPSA) is 99.4 Å². The molecule has 160 valence electrons. The number of nitrogens with zero attached hydrogens (tertiary/aromatic N) is 2. The molecule has 0 saturated carbocycles. The lowest BCUT2D eigenvalue weighted by Gasteiger charge is -2.20. The van der Waals surface area contributed by atoms with Crippen LogP contribution < -0.4 is 4.90 Å². The number of aromatic nitrogens is 2. The second kappa shape index (κ2) is 7.45.